The third kappa shape index (κ3) is 3.56. The van der Waals surface area contributed by atoms with Crippen LogP contribution in [-0.4, -0.2) is 50.3 Å². The number of rotatable bonds is 5. The minimum atomic E-state index is 0.651. The SMILES string of the molecule is CCCC1CN(CCOC)C(C)CN1. The van der Waals surface area contributed by atoms with Gasteiger partial charge < -0.3 is 10.1 Å². The van der Waals surface area contributed by atoms with E-state index in [0.29, 0.717) is 12.1 Å². The van der Waals surface area contributed by atoms with Gasteiger partial charge in [0.05, 0.1) is 6.61 Å². The van der Waals surface area contributed by atoms with Crippen LogP contribution in [0.15, 0.2) is 0 Å². The van der Waals surface area contributed by atoms with Crippen LogP contribution in [0, 0.1) is 0 Å². The van der Waals surface area contributed by atoms with Gasteiger partial charge in [-0.25, -0.2) is 0 Å². The molecule has 0 radical (unpaired) electrons. The van der Waals surface area contributed by atoms with E-state index in [-0.39, 0.29) is 0 Å². The van der Waals surface area contributed by atoms with E-state index >= 15 is 0 Å². The van der Waals surface area contributed by atoms with E-state index in [1.807, 2.05) is 0 Å². The number of piperazine rings is 1. The zero-order valence-corrected chi connectivity index (χ0v) is 9.75. The molecule has 0 saturated carbocycles. The summed E-state index contributed by atoms with van der Waals surface area (Å²) in [6.07, 6.45) is 2.56. The first kappa shape index (κ1) is 12.0. The Balaban J connectivity index is 2.30. The lowest BCUT2D eigenvalue weighted by Crippen LogP contribution is -2.55. The summed E-state index contributed by atoms with van der Waals surface area (Å²) in [6, 6.07) is 1.34. The molecule has 2 unspecified atom stereocenters. The average molecular weight is 200 g/mol. The van der Waals surface area contributed by atoms with Gasteiger partial charge in [-0.15, -0.1) is 0 Å². The Hall–Kier alpha value is -0.120. The third-order valence-corrected chi connectivity index (χ3v) is 3.00. The maximum atomic E-state index is 5.13. The molecule has 1 rings (SSSR count). The quantitative estimate of drug-likeness (QED) is 0.719. The largest absolute Gasteiger partial charge is 0.383 e. The van der Waals surface area contributed by atoms with E-state index in [9.17, 15) is 0 Å². The molecule has 0 aromatic carbocycles. The highest BCUT2D eigenvalue weighted by Crippen LogP contribution is 2.09. The van der Waals surface area contributed by atoms with Crippen LogP contribution in [0.2, 0.25) is 0 Å². The molecule has 0 bridgehead atoms. The molecule has 1 heterocycles. The molecule has 0 spiro atoms. The minimum Gasteiger partial charge on any atom is -0.383 e. The van der Waals surface area contributed by atoms with Crippen LogP contribution in [0.25, 0.3) is 0 Å². The van der Waals surface area contributed by atoms with E-state index < -0.39 is 0 Å². The molecule has 1 aliphatic heterocycles. The predicted molar refractivity (Wildman–Crippen MR) is 59.6 cm³/mol. The molecular formula is C11H24N2O. The molecule has 3 nitrogen and oxygen atoms in total. The first-order chi connectivity index (χ1) is 6.77. The zero-order chi connectivity index (χ0) is 10.4. The summed E-state index contributed by atoms with van der Waals surface area (Å²) < 4.78 is 5.13. The maximum absolute atomic E-state index is 5.13. The van der Waals surface area contributed by atoms with Gasteiger partial charge in [-0.05, 0) is 13.3 Å². The normalized spacial score (nSPS) is 29.4. The van der Waals surface area contributed by atoms with Crippen LogP contribution in [-0.2, 0) is 4.74 Å². The van der Waals surface area contributed by atoms with Gasteiger partial charge in [0, 0.05) is 38.8 Å². The number of nitrogens with zero attached hydrogens (tertiary/aromatic N) is 1. The topological polar surface area (TPSA) is 24.5 Å². The molecule has 1 saturated heterocycles. The Morgan fingerprint density at radius 1 is 1.50 bits per heavy atom. The number of ether oxygens (including phenoxy) is 1. The highest BCUT2D eigenvalue weighted by Gasteiger charge is 2.23. The van der Waals surface area contributed by atoms with Gasteiger partial charge in [0.15, 0.2) is 0 Å². The van der Waals surface area contributed by atoms with E-state index in [1.165, 1.54) is 19.4 Å². The van der Waals surface area contributed by atoms with Crippen molar-refractivity contribution in [3.05, 3.63) is 0 Å². The van der Waals surface area contributed by atoms with Crippen molar-refractivity contribution in [3.63, 3.8) is 0 Å². The summed E-state index contributed by atoms with van der Waals surface area (Å²) in [7, 11) is 1.77. The monoisotopic (exact) mass is 200 g/mol. The first-order valence-electron chi connectivity index (χ1n) is 5.74. The van der Waals surface area contributed by atoms with Crippen molar-refractivity contribution in [2.75, 3.05) is 33.4 Å². The smallest absolute Gasteiger partial charge is 0.0589 e. The van der Waals surface area contributed by atoms with Crippen LogP contribution >= 0.6 is 0 Å². The number of hydrogen-bond acceptors (Lipinski definition) is 3. The molecule has 2 atom stereocenters. The van der Waals surface area contributed by atoms with Gasteiger partial charge in [0.2, 0.25) is 0 Å². The Kier molecular flexibility index (Phi) is 5.45. The highest BCUT2D eigenvalue weighted by molar-refractivity contribution is 4.83. The predicted octanol–water partition coefficient (Wildman–Crippen LogP) is 1.10. The van der Waals surface area contributed by atoms with E-state index in [0.717, 1.165) is 19.7 Å². The summed E-state index contributed by atoms with van der Waals surface area (Å²) >= 11 is 0. The molecule has 84 valence electrons. The molecule has 1 aliphatic rings. The van der Waals surface area contributed by atoms with Crippen LogP contribution in [0.4, 0.5) is 0 Å². The standard InChI is InChI=1S/C11H24N2O/c1-4-5-11-9-13(6-7-14-3)10(2)8-12-11/h10-12H,4-9H2,1-3H3. The fourth-order valence-electron chi connectivity index (χ4n) is 2.06. The molecule has 3 heteroatoms. The third-order valence-electron chi connectivity index (χ3n) is 3.00. The summed E-state index contributed by atoms with van der Waals surface area (Å²) in [5.41, 5.74) is 0. The fraction of sp³-hybridized carbons (Fsp3) is 1.00. The van der Waals surface area contributed by atoms with E-state index in [1.54, 1.807) is 7.11 Å². The van der Waals surface area contributed by atoms with Crippen molar-refractivity contribution in [2.45, 2.75) is 38.8 Å². The second kappa shape index (κ2) is 6.38. The second-order valence-corrected chi connectivity index (χ2v) is 4.23. The van der Waals surface area contributed by atoms with Crippen molar-refractivity contribution < 1.29 is 4.74 Å². The molecule has 0 amide bonds. The molecule has 1 fully saturated rings. The Morgan fingerprint density at radius 3 is 2.93 bits per heavy atom. The average Bonchev–Trinajstić information content (AvgIpc) is 2.19. The lowest BCUT2D eigenvalue weighted by atomic mass is 10.1. The summed E-state index contributed by atoms with van der Waals surface area (Å²) in [4.78, 5) is 2.53. The molecule has 14 heavy (non-hydrogen) atoms. The Labute approximate surface area is 87.8 Å². The zero-order valence-electron chi connectivity index (χ0n) is 9.75. The highest BCUT2D eigenvalue weighted by atomic mass is 16.5. The Bertz CT molecular complexity index is 152. The van der Waals surface area contributed by atoms with E-state index in [2.05, 4.69) is 24.1 Å². The maximum Gasteiger partial charge on any atom is 0.0589 e. The van der Waals surface area contributed by atoms with Gasteiger partial charge in [-0.3, -0.25) is 4.90 Å². The van der Waals surface area contributed by atoms with Crippen molar-refractivity contribution >= 4 is 0 Å². The van der Waals surface area contributed by atoms with Crippen LogP contribution in [0.1, 0.15) is 26.7 Å². The number of methoxy groups -OCH3 is 1. The van der Waals surface area contributed by atoms with Gasteiger partial charge in [-0.2, -0.15) is 0 Å². The molecule has 0 aliphatic carbocycles. The lowest BCUT2D eigenvalue weighted by Gasteiger charge is -2.38. The van der Waals surface area contributed by atoms with Gasteiger partial charge in [-0.1, -0.05) is 13.3 Å². The number of hydrogen-bond donors (Lipinski definition) is 1. The van der Waals surface area contributed by atoms with Crippen molar-refractivity contribution in [1.29, 1.82) is 0 Å². The van der Waals surface area contributed by atoms with Gasteiger partial charge >= 0.3 is 0 Å². The van der Waals surface area contributed by atoms with Crippen LogP contribution < -0.4 is 5.32 Å². The first-order valence-corrected chi connectivity index (χ1v) is 5.74. The Morgan fingerprint density at radius 2 is 2.29 bits per heavy atom. The summed E-state index contributed by atoms with van der Waals surface area (Å²) in [5, 5.41) is 3.59. The fourth-order valence-corrected chi connectivity index (χ4v) is 2.06. The number of nitrogens with one attached hydrogen (secondary N) is 1. The van der Waals surface area contributed by atoms with Gasteiger partial charge in [0.1, 0.15) is 0 Å². The lowest BCUT2D eigenvalue weighted by molar-refractivity contribution is 0.0915. The minimum absolute atomic E-state index is 0.651. The molecule has 1 N–H and O–H groups in total. The van der Waals surface area contributed by atoms with E-state index in [4.69, 9.17) is 4.74 Å². The van der Waals surface area contributed by atoms with Crippen LogP contribution in [0.3, 0.4) is 0 Å². The second-order valence-electron chi connectivity index (χ2n) is 4.23. The van der Waals surface area contributed by atoms with Crippen LogP contribution in [0.5, 0.6) is 0 Å². The molecule has 0 aromatic heterocycles. The molecular weight excluding hydrogens is 176 g/mol. The van der Waals surface area contributed by atoms with Crippen molar-refractivity contribution in [2.24, 2.45) is 0 Å². The van der Waals surface area contributed by atoms with Gasteiger partial charge in [0.25, 0.3) is 0 Å². The van der Waals surface area contributed by atoms with Crippen molar-refractivity contribution in [3.8, 4) is 0 Å². The van der Waals surface area contributed by atoms with Crippen molar-refractivity contribution in [1.82, 2.24) is 10.2 Å². The molecule has 0 aromatic rings. The summed E-state index contributed by atoms with van der Waals surface area (Å²) in [5.74, 6) is 0. The summed E-state index contributed by atoms with van der Waals surface area (Å²) in [6.45, 7) is 8.75.